The Labute approximate surface area is 119 Å². The Morgan fingerprint density at radius 1 is 1.42 bits per heavy atom. The lowest BCUT2D eigenvalue weighted by molar-refractivity contribution is 0.557. The van der Waals surface area contributed by atoms with Gasteiger partial charge in [0.25, 0.3) is 0 Å². The molecule has 1 heterocycles. The maximum Gasteiger partial charge on any atom is 0.242 e. The number of hydrogen-bond donors (Lipinski definition) is 2. The number of anilines is 1. The van der Waals surface area contributed by atoms with E-state index < -0.39 is 10.0 Å². The van der Waals surface area contributed by atoms with Gasteiger partial charge in [0.05, 0.1) is 0 Å². The molecule has 2 N–H and O–H groups in total. The zero-order valence-corrected chi connectivity index (χ0v) is 13.1. The second-order valence-corrected chi connectivity index (χ2v) is 6.91. The average molecular weight is 303 g/mol. The summed E-state index contributed by atoms with van der Waals surface area (Å²) in [7, 11) is -3.47. The minimum Gasteiger partial charge on any atom is -0.370 e. The lowest BCUT2D eigenvalue weighted by Gasteiger charge is -2.13. The first-order chi connectivity index (χ1) is 8.99. The van der Waals surface area contributed by atoms with Gasteiger partial charge in [-0.1, -0.05) is 0 Å². The van der Waals surface area contributed by atoms with Crippen LogP contribution in [-0.4, -0.2) is 38.0 Å². The largest absolute Gasteiger partial charge is 0.370 e. The van der Waals surface area contributed by atoms with Crippen molar-refractivity contribution in [2.24, 2.45) is 0 Å². The molecular weight excluding hydrogens is 282 g/mol. The lowest BCUT2D eigenvalue weighted by Crippen LogP contribution is -2.33. The Balaban J connectivity index is 2.71. The van der Waals surface area contributed by atoms with Crippen LogP contribution in [0.2, 0.25) is 0 Å². The molecule has 0 spiro atoms. The van der Waals surface area contributed by atoms with Crippen LogP contribution in [0.3, 0.4) is 0 Å². The molecule has 0 bridgehead atoms. The molecule has 0 saturated heterocycles. The molecule has 108 valence electrons. The third-order valence-electron chi connectivity index (χ3n) is 2.52. The number of sulfonamides is 1. The summed E-state index contributed by atoms with van der Waals surface area (Å²) in [5.74, 6) is 1.61. The average Bonchev–Trinajstić information content (AvgIpc) is 2.37. The van der Waals surface area contributed by atoms with Crippen molar-refractivity contribution >= 4 is 27.6 Å². The maximum absolute atomic E-state index is 12.1. The van der Waals surface area contributed by atoms with E-state index in [2.05, 4.69) is 15.0 Å². The standard InChI is InChI=1S/C12H21N3O2S2/c1-4-13-12-6-5-11(9-14-12)19(16,17)15-10(2)7-8-18-3/h5-6,9-10,15H,4,7-8H2,1-3H3,(H,13,14). The molecule has 1 atom stereocenters. The number of aromatic nitrogens is 1. The monoisotopic (exact) mass is 303 g/mol. The van der Waals surface area contributed by atoms with Gasteiger partial charge in [-0.05, 0) is 44.4 Å². The molecule has 19 heavy (non-hydrogen) atoms. The summed E-state index contributed by atoms with van der Waals surface area (Å²) in [4.78, 5) is 4.27. The third-order valence-corrected chi connectivity index (χ3v) is 4.73. The molecule has 1 aromatic heterocycles. The zero-order chi connectivity index (χ0) is 14.3. The molecule has 0 saturated carbocycles. The Hall–Kier alpha value is -0.790. The van der Waals surface area contributed by atoms with Crippen molar-refractivity contribution < 1.29 is 8.42 Å². The molecule has 1 aromatic rings. The summed E-state index contributed by atoms with van der Waals surface area (Å²) < 4.78 is 26.9. The predicted octanol–water partition coefficient (Wildman–Crippen LogP) is 1.93. The van der Waals surface area contributed by atoms with E-state index in [1.165, 1.54) is 6.20 Å². The molecule has 0 aliphatic carbocycles. The van der Waals surface area contributed by atoms with Gasteiger partial charge in [-0.25, -0.2) is 18.1 Å². The van der Waals surface area contributed by atoms with Crippen LogP contribution in [0.25, 0.3) is 0 Å². The number of nitrogens with one attached hydrogen (secondary N) is 2. The summed E-state index contributed by atoms with van der Waals surface area (Å²) in [6.45, 7) is 4.58. The number of rotatable bonds is 8. The van der Waals surface area contributed by atoms with E-state index in [9.17, 15) is 8.42 Å². The van der Waals surface area contributed by atoms with Crippen molar-refractivity contribution in [3.8, 4) is 0 Å². The normalized spacial score (nSPS) is 13.2. The summed E-state index contributed by atoms with van der Waals surface area (Å²) in [5, 5.41) is 3.03. The minimum absolute atomic E-state index is 0.0779. The third kappa shape index (κ3) is 5.38. The van der Waals surface area contributed by atoms with Crippen LogP contribution < -0.4 is 10.0 Å². The van der Waals surface area contributed by atoms with Crippen LogP contribution in [0.1, 0.15) is 20.3 Å². The second-order valence-electron chi connectivity index (χ2n) is 4.21. The van der Waals surface area contributed by atoms with E-state index in [1.54, 1.807) is 23.9 Å². The van der Waals surface area contributed by atoms with Gasteiger partial charge in [0, 0.05) is 18.8 Å². The molecule has 0 radical (unpaired) electrons. The molecular formula is C12H21N3O2S2. The van der Waals surface area contributed by atoms with Crippen molar-refractivity contribution in [3.63, 3.8) is 0 Å². The molecule has 7 heteroatoms. The molecule has 5 nitrogen and oxygen atoms in total. The van der Waals surface area contributed by atoms with Gasteiger partial charge in [0.15, 0.2) is 0 Å². The van der Waals surface area contributed by atoms with E-state index >= 15 is 0 Å². The summed E-state index contributed by atoms with van der Waals surface area (Å²) >= 11 is 1.70. The number of hydrogen-bond acceptors (Lipinski definition) is 5. The fraction of sp³-hybridized carbons (Fsp3) is 0.583. The van der Waals surface area contributed by atoms with Crippen molar-refractivity contribution in [2.75, 3.05) is 23.9 Å². The lowest BCUT2D eigenvalue weighted by atomic mass is 10.3. The Bertz CT molecular complexity index is 474. The van der Waals surface area contributed by atoms with E-state index in [4.69, 9.17) is 0 Å². The first-order valence-electron chi connectivity index (χ1n) is 6.20. The fourth-order valence-corrected chi connectivity index (χ4v) is 3.32. The molecule has 0 fully saturated rings. The molecule has 0 aliphatic rings. The number of nitrogens with zero attached hydrogens (tertiary/aromatic N) is 1. The van der Waals surface area contributed by atoms with Crippen molar-refractivity contribution in [2.45, 2.75) is 31.2 Å². The summed E-state index contributed by atoms with van der Waals surface area (Å²) in [6.07, 6.45) is 4.19. The molecule has 0 amide bonds. The Morgan fingerprint density at radius 3 is 2.68 bits per heavy atom. The van der Waals surface area contributed by atoms with E-state index in [-0.39, 0.29) is 10.9 Å². The van der Waals surface area contributed by atoms with Gasteiger partial charge in [-0.15, -0.1) is 0 Å². The Kier molecular flexibility index (Phi) is 6.60. The number of pyridine rings is 1. The van der Waals surface area contributed by atoms with E-state index in [0.717, 1.165) is 18.7 Å². The van der Waals surface area contributed by atoms with Crippen molar-refractivity contribution in [1.29, 1.82) is 0 Å². The molecule has 1 rings (SSSR count). The van der Waals surface area contributed by atoms with Crippen LogP contribution >= 0.6 is 11.8 Å². The molecule has 0 aliphatic heterocycles. The van der Waals surface area contributed by atoms with Crippen LogP contribution in [0.4, 0.5) is 5.82 Å². The van der Waals surface area contributed by atoms with E-state index in [1.807, 2.05) is 20.1 Å². The van der Waals surface area contributed by atoms with Crippen molar-refractivity contribution in [1.82, 2.24) is 9.71 Å². The molecule has 0 aromatic carbocycles. The van der Waals surface area contributed by atoms with Crippen LogP contribution in [0.5, 0.6) is 0 Å². The number of thioether (sulfide) groups is 1. The van der Waals surface area contributed by atoms with Gasteiger partial charge in [-0.2, -0.15) is 11.8 Å². The van der Waals surface area contributed by atoms with Gasteiger partial charge in [-0.3, -0.25) is 0 Å². The van der Waals surface area contributed by atoms with Crippen LogP contribution in [0.15, 0.2) is 23.2 Å². The summed E-state index contributed by atoms with van der Waals surface area (Å²) in [5.41, 5.74) is 0. The fourth-order valence-electron chi connectivity index (χ4n) is 1.51. The van der Waals surface area contributed by atoms with Crippen LogP contribution in [-0.2, 0) is 10.0 Å². The Morgan fingerprint density at radius 2 is 2.16 bits per heavy atom. The summed E-state index contributed by atoms with van der Waals surface area (Å²) in [6, 6.07) is 3.16. The highest BCUT2D eigenvalue weighted by Crippen LogP contribution is 2.12. The maximum atomic E-state index is 12.1. The topological polar surface area (TPSA) is 71.1 Å². The quantitative estimate of drug-likeness (QED) is 0.768. The van der Waals surface area contributed by atoms with E-state index in [0.29, 0.717) is 5.82 Å². The smallest absolute Gasteiger partial charge is 0.242 e. The first kappa shape index (κ1) is 16.3. The van der Waals surface area contributed by atoms with Gasteiger partial charge < -0.3 is 5.32 Å². The first-order valence-corrected chi connectivity index (χ1v) is 9.08. The SMILES string of the molecule is CCNc1ccc(S(=O)(=O)NC(C)CCSC)cn1. The zero-order valence-electron chi connectivity index (χ0n) is 11.5. The van der Waals surface area contributed by atoms with Gasteiger partial charge in [0.2, 0.25) is 10.0 Å². The van der Waals surface area contributed by atoms with Gasteiger partial charge >= 0.3 is 0 Å². The molecule has 1 unspecified atom stereocenters. The minimum atomic E-state index is -3.47. The van der Waals surface area contributed by atoms with Gasteiger partial charge in [0.1, 0.15) is 10.7 Å². The predicted molar refractivity (Wildman–Crippen MR) is 81.2 cm³/mol. The van der Waals surface area contributed by atoms with Crippen molar-refractivity contribution in [3.05, 3.63) is 18.3 Å². The highest BCUT2D eigenvalue weighted by molar-refractivity contribution is 7.98. The highest BCUT2D eigenvalue weighted by Gasteiger charge is 2.17. The highest BCUT2D eigenvalue weighted by atomic mass is 32.2. The second kappa shape index (κ2) is 7.72. The van der Waals surface area contributed by atoms with Crippen LogP contribution in [0, 0.1) is 0 Å².